The molecule has 0 atom stereocenters. The second-order valence-electron chi connectivity index (χ2n) is 3.76. The summed E-state index contributed by atoms with van der Waals surface area (Å²) < 4.78 is 35.1. The fourth-order valence-electron chi connectivity index (χ4n) is 0.725. The molecule has 2 nitrogen and oxygen atoms in total. The molecular weight excluding hydrogens is 229 g/mol. The van der Waals surface area contributed by atoms with Gasteiger partial charge in [-0.3, -0.25) is 0 Å². The van der Waals surface area contributed by atoms with Gasteiger partial charge >= 0.3 is 6.18 Å². The van der Waals surface area contributed by atoms with Crippen LogP contribution >= 0.6 is 0 Å². The summed E-state index contributed by atoms with van der Waals surface area (Å²) in [5, 5.41) is 3.31. The molecule has 0 heterocycles. The number of alkyl halides is 3. The van der Waals surface area contributed by atoms with Crippen molar-refractivity contribution in [3.05, 3.63) is 5.32 Å². The summed E-state index contributed by atoms with van der Waals surface area (Å²) in [6, 6.07) is 0. The Morgan fingerprint density at radius 2 is 1.64 bits per heavy atom. The minimum Gasteiger partial charge on any atom is -0.464 e. The standard InChI is InChI=1S/C8H14F3N2.Ti/c1-6(13-7(2,3)4)12-5-8(9,10)11;/h5H2,1-4H3;/q-1;. The van der Waals surface area contributed by atoms with E-state index in [-0.39, 0.29) is 33.1 Å². The molecule has 0 aliphatic heterocycles. The van der Waals surface area contributed by atoms with Crippen molar-refractivity contribution in [3.8, 4) is 0 Å². The number of halogens is 3. The molecule has 0 saturated heterocycles. The van der Waals surface area contributed by atoms with Crippen LogP contribution in [0.2, 0.25) is 0 Å². The molecule has 0 aromatic heterocycles. The van der Waals surface area contributed by atoms with Crippen LogP contribution in [0.1, 0.15) is 27.7 Å². The van der Waals surface area contributed by atoms with Gasteiger partial charge < -0.3 is 10.3 Å². The van der Waals surface area contributed by atoms with Gasteiger partial charge in [0.15, 0.2) is 0 Å². The number of nitrogens with zero attached hydrogens (tertiary/aromatic N) is 2. The number of hydrogen-bond acceptors (Lipinski definition) is 1. The maximum atomic E-state index is 11.7. The zero-order chi connectivity index (χ0) is 10.7. The van der Waals surface area contributed by atoms with E-state index in [4.69, 9.17) is 0 Å². The maximum Gasteiger partial charge on any atom is 0.388 e. The first-order valence-corrected chi connectivity index (χ1v) is 3.91. The smallest absolute Gasteiger partial charge is 0.388 e. The van der Waals surface area contributed by atoms with E-state index in [1.807, 2.05) is 0 Å². The number of aliphatic imine (C=N–C) groups is 1. The van der Waals surface area contributed by atoms with Crippen molar-refractivity contribution >= 4 is 5.84 Å². The Hall–Kier alpha value is -0.0257. The van der Waals surface area contributed by atoms with Crippen LogP contribution in [0, 0.1) is 0 Å². The Morgan fingerprint density at radius 3 is 1.93 bits per heavy atom. The topological polar surface area (TPSA) is 26.5 Å². The molecule has 82 valence electrons. The van der Waals surface area contributed by atoms with E-state index in [1.54, 1.807) is 20.8 Å². The fraction of sp³-hybridized carbons (Fsp3) is 0.875. The van der Waals surface area contributed by atoms with Crippen LogP contribution in [-0.4, -0.2) is 24.1 Å². The Balaban J connectivity index is 0. The predicted octanol–water partition coefficient (Wildman–Crippen LogP) is 3.14. The summed E-state index contributed by atoms with van der Waals surface area (Å²) in [6.45, 7) is 5.73. The van der Waals surface area contributed by atoms with Crippen molar-refractivity contribution in [2.75, 3.05) is 6.54 Å². The third-order valence-electron chi connectivity index (χ3n) is 0.984. The quantitative estimate of drug-likeness (QED) is 0.384. The third-order valence-corrected chi connectivity index (χ3v) is 0.984. The summed E-state index contributed by atoms with van der Waals surface area (Å²) in [5.41, 5.74) is -0.376. The number of hydrogen-bond donors (Lipinski definition) is 0. The van der Waals surface area contributed by atoms with Gasteiger partial charge in [-0.1, -0.05) is 26.6 Å². The van der Waals surface area contributed by atoms with Gasteiger partial charge in [-0.2, -0.15) is 13.2 Å². The SMILES string of the molecule is CC(=NC(C)(C)C)[N-]CC(F)(F)F.[Ti]. The molecule has 0 rings (SSSR count). The van der Waals surface area contributed by atoms with E-state index >= 15 is 0 Å². The van der Waals surface area contributed by atoms with Gasteiger partial charge in [0, 0.05) is 28.3 Å². The molecule has 0 aromatic rings. The monoisotopic (exact) mass is 243 g/mol. The van der Waals surface area contributed by atoms with Crippen LogP contribution in [0.25, 0.3) is 5.32 Å². The van der Waals surface area contributed by atoms with Crippen LogP contribution in [0.3, 0.4) is 0 Å². The van der Waals surface area contributed by atoms with E-state index in [9.17, 15) is 13.2 Å². The second-order valence-corrected chi connectivity index (χ2v) is 3.76. The first-order valence-electron chi connectivity index (χ1n) is 3.91. The molecule has 6 heteroatoms. The molecule has 0 spiro atoms. The zero-order valence-corrected chi connectivity index (χ0v) is 10.3. The molecule has 0 N–H and O–H groups in total. The van der Waals surface area contributed by atoms with Crippen LogP contribution < -0.4 is 0 Å². The summed E-state index contributed by atoms with van der Waals surface area (Å²) in [7, 11) is 0. The van der Waals surface area contributed by atoms with Crippen LogP contribution in [-0.2, 0) is 21.7 Å². The Kier molecular flexibility index (Phi) is 6.75. The fourth-order valence-corrected chi connectivity index (χ4v) is 0.725. The van der Waals surface area contributed by atoms with E-state index < -0.39 is 12.7 Å². The van der Waals surface area contributed by atoms with Gasteiger partial charge in [-0.05, 0) is 12.5 Å². The predicted molar refractivity (Wildman–Crippen MR) is 47.1 cm³/mol. The second kappa shape index (κ2) is 5.76. The molecule has 0 bridgehead atoms. The minimum atomic E-state index is -4.24. The molecular formula is C8H14F3N2Ti-. The van der Waals surface area contributed by atoms with Gasteiger partial charge in [0.2, 0.25) is 0 Å². The molecule has 0 fully saturated rings. The number of rotatable bonds is 1. The molecule has 0 aromatic carbocycles. The van der Waals surface area contributed by atoms with Crippen molar-refractivity contribution in [1.29, 1.82) is 0 Å². The third kappa shape index (κ3) is 12.0. The number of amidine groups is 1. The van der Waals surface area contributed by atoms with Crippen molar-refractivity contribution in [2.45, 2.75) is 39.4 Å². The minimum absolute atomic E-state index is 0. The normalized spacial score (nSPS) is 13.5. The van der Waals surface area contributed by atoms with Gasteiger partial charge in [-0.25, -0.2) is 0 Å². The molecule has 0 radical (unpaired) electrons. The van der Waals surface area contributed by atoms with Crippen molar-refractivity contribution in [3.63, 3.8) is 0 Å². The van der Waals surface area contributed by atoms with Gasteiger partial charge in [-0.15, -0.1) is 0 Å². The summed E-state index contributed by atoms with van der Waals surface area (Å²) in [5.74, 6) is 0.185. The Bertz CT molecular complexity index is 194. The largest absolute Gasteiger partial charge is 0.464 e. The molecule has 0 saturated carbocycles. The van der Waals surface area contributed by atoms with Gasteiger partial charge in [0.1, 0.15) is 0 Å². The first kappa shape index (κ1) is 16.4. The first-order chi connectivity index (χ1) is 5.60. The molecule has 0 amide bonds. The van der Waals surface area contributed by atoms with Crippen molar-refractivity contribution in [1.82, 2.24) is 0 Å². The van der Waals surface area contributed by atoms with Crippen LogP contribution in [0.15, 0.2) is 4.99 Å². The van der Waals surface area contributed by atoms with Crippen molar-refractivity contribution in [2.24, 2.45) is 4.99 Å². The average Bonchev–Trinajstić information content (AvgIpc) is 1.78. The van der Waals surface area contributed by atoms with Gasteiger partial charge in [0.25, 0.3) is 0 Å². The van der Waals surface area contributed by atoms with E-state index in [0.29, 0.717) is 0 Å². The van der Waals surface area contributed by atoms with Crippen molar-refractivity contribution < 1.29 is 34.9 Å². The summed E-state index contributed by atoms with van der Waals surface area (Å²) in [6.07, 6.45) is -4.24. The molecule has 0 aliphatic carbocycles. The van der Waals surface area contributed by atoms with E-state index in [2.05, 4.69) is 10.3 Å². The zero-order valence-electron chi connectivity index (χ0n) is 8.74. The molecule has 0 aliphatic rings. The summed E-state index contributed by atoms with van der Waals surface area (Å²) >= 11 is 0. The maximum absolute atomic E-state index is 11.7. The molecule has 0 unspecified atom stereocenters. The van der Waals surface area contributed by atoms with Gasteiger partial charge in [0.05, 0.1) is 0 Å². The average molecular weight is 243 g/mol. The Morgan fingerprint density at radius 1 is 1.21 bits per heavy atom. The summed E-state index contributed by atoms with van der Waals surface area (Å²) in [4.78, 5) is 3.96. The van der Waals surface area contributed by atoms with Crippen LogP contribution in [0.5, 0.6) is 0 Å². The molecule has 14 heavy (non-hydrogen) atoms. The van der Waals surface area contributed by atoms with E-state index in [0.717, 1.165) is 0 Å². The van der Waals surface area contributed by atoms with Crippen LogP contribution in [0.4, 0.5) is 13.2 Å². The Labute approximate surface area is 97.2 Å². The van der Waals surface area contributed by atoms with E-state index in [1.165, 1.54) is 6.92 Å².